The van der Waals surface area contributed by atoms with E-state index in [1.165, 1.54) is 5.56 Å². The van der Waals surface area contributed by atoms with Crippen molar-refractivity contribution in [1.82, 2.24) is 0 Å². The largest absolute Gasteiger partial charge is 0.493 e. The third-order valence-electron chi connectivity index (χ3n) is 4.17. The zero-order valence-corrected chi connectivity index (χ0v) is 16.8. The molecule has 0 amide bonds. The molecule has 0 aromatic heterocycles. The molecule has 4 nitrogen and oxygen atoms in total. The first-order chi connectivity index (χ1) is 13.2. The summed E-state index contributed by atoms with van der Waals surface area (Å²) in [7, 11) is 3.29. The molecule has 146 valence electrons. The Morgan fingerprint density at radius 3 is 2.07 bits per heavy atom. The second-order valence-electron chi connectivity index (χ2n) is 6.31. The minimum atomic E-state index is 0.367. The minimum absolute atomic E-state index is 0.367. The number of hydrogen-bond donors (Lipinski definition) is 0. The van der Waals surface area contributed by atoms with E-state index < -0.39 is 0 Å². The van der Waals surface area contributed by atoms with Crippen molar-refractivity contribution < 1.29 is 18.9 Å². The van der Waals surface area contributed by atoms with Gasteiger partial charge in [-0.05, 0) is 48.2 Å². The van der Waals surface area contributed by atoms with Crippen molar-refractivity contribution in [2.75, 3.05) is 20.8 Å². The smallest absolute Gasteiger partial charge is 0.204 e. The van der Waals surface area contributed by atoms with Crippen molar-refractivity contribution in [2.45, 2.75) is 39.5 Å². The molecule has 2 rings (SSSR count). The van der Waals surface area contributed by atoms with Crippen LogP contribution >= 0.6 is 0 Å². The Bertz CT molecular complexity index is 752. The summed E-state index contributed by atoms with van der Waals surface area (Å²) in [6.07, 6.45) is 5.75. The highest BCUT2D eigenvalue weighted by molar-refractivity contribution is 5.56. The maximum Gasteiger partial charge on any atom is 0.204 e. The number of rotatable bonds is 11. The normalized spacial score (nSPS) is 10.4. The first-order valence-corrected chi connectivity index (χ1v) is 9.46. The summed E-state index contributed by atoms with van der Waals surface area (Å²) in [6.45, 7) is 8.39. The monoisotopic (exact) mass is 370 g/mol. The Balaban J connectivity index is 2.45. The summed E-state index contributed by atoms with van der Waals surface area (Å²) in [5, 5.41) is 0. The molecule has 0 atom stereocenters. The van der Waals surface area contributed by atoms with Crippen LogP contribution in [-0.4, -0.2) is 20.8 Å². The summed E-state index contributed by atoms with van der Waals surface area (Å²) in [6, 6.07) is 10.0. The molecule has 0 saturated heterocycles. The first-order valence-electron chi connectivity index (χ1n) is 9.46. The predicted molar refractivity (Wildman–Crippen MR) is 110 cm³/mol. The lowest BCUT2D eigenvalue weighted by atomic mass is 10.1. The van der Waals surface area contributed by atoms with Gasteiger partial charge in [0.1, 0.15) is 6.61 Å². The van der Waals surface area contributed by atoms with E-state index in [9.17, 15) is 0 Å². The van der Waals surface area contributed by atoms with Crippen molar-refractivity contribution in [3.63, 3.8) is 0 Å². The van der Waals surface area contributed by atoms with E-state index in [2.05, 4.69) is 26.5 Å². The van der Waals surface area contributed by atoms with Crippen LogP contribution in [0.5, 0.6) is 28.7 Å². The van der Waals surface area contributed by atoms with E-state index in [4.69, 9.17) is 18.9 Å². The molecule has 0 radical (unpaired) electrons. The molecule has 4 heteroatoms. The van der Waals surface area contributed by atoms with Gasteiger partial charge in [-0.3, -0.25) is 0 Å². The molecule has 0 bridgehead atoms. The molecule has 0 aliphatic rings. The number of methoxy groups -OCH3 is 2. The lowest BCUT2D eigenvalue weighted by Crippen LogP contribution is -2.01. The van der Waals surface area contributed by atoms with Gasteiger partial charge in [-0.15, -0.1) is 0 Å². The van der Waals surface area contributed by atoms with Crippen molar-refractivity contribution in [3.8, 4) is 28.7 Å². The fourth-order valence-corrected chi connectivity index (χ4v) is 2.93. The van der Waals surface area contributed by atoms with Crippen molar-refractivity contribution >= 4 is 0 Å². The van der Waals surface area contributed by atoms with Crippen molar-refractivity contribution in [2.24, 2.45) is 0 Å². The van der Waals surface area contributed by atoms with Gasteiger partial charge in [-0.1, -0.05) is 45.4 Å². The summed E-state index contributed by atoms with van der Waals surface area (Å²) in [5.74, 6) is 3.18. The maximum absolute atomic E-state index is 6.23. The molecule has 0 saturated carbocycles. The summed E-state index contributed by atoms with van der Waals surface area (Å²) >= 11 is 0. The Morgan fingerprint density at radius 1 is 0.815 bits per heavy atom. The molecule has 0 N–H and O–H groups in total. The van der Waals surface area contributed by atoms with Crippen LogP contribution in [0, 0.1) is 0 Å². The van der Waals surface area contributed by atoms with Crippen molar-refractivity contribution in [1.29, 1.82) is 0 Å². The molecule has 0 heterocycles. The average Bonchev–Trinajstić information content (AvgIpc) is 2.68. The number of benzene rings is 2. The SMILES string of the molecule is C=CCOc1c(OC)cc(CCC)cc1Oc1ccc(CCC)cc1OC. The fourth-order valence-electron chi connectivity index (χ4n) is 2.93. The van der Waals surface area contributed by atoms with Gasteiger partial charge in [0.2, 0.25) is 5.75 Å². The van der Waals surface area contributed by atoms with Gasteiger partial charge in [0.15, 0.2) is 23.0 Å². The predicted octanol–water partition coefficient (Wildman–Crippen LogP) is 5.97. The van der Waals surface area contributed by atoms with E-state index in [1.54, 1.807) is 20.3 Å². The summed E-state index contributed by atoms with van der Waals surface area (Å²) < 4.78 is 23.2. The molecule has 0 fully saturated rings. The van der Waals surface area contributed by atoms with Gasteiger partial charge in [0.25, 0.3) is 0 Å². The Labute approximate surface area is 162 Å². The number of aryl methyl sites for hydroxylation is 2. The maximum atomic E-state index is 6.23. The zero-order chi connectivity index (χ0) is 19.6. The second kappa shape index (κ2) is 10.5. The van der Waals surface area contributed by atoms with Crippen LogP contribution in [0.1, 0.15) is 37.8 Å². The van der Waals surface area contributed by atoms with Gasteiger partial charge < -0.3 is 18.9 Å². The van der Waals surface area contributed by atoms with E-state index >= 15 is 0 Å². The Kier molecular flexibility index (Phi) is 8.05. The highest BCUT2D eigenvalue weighted by Gasteiger charge is 2.17. The highest BCUT2D eigenvalue weighted by Crippen LogP contribution is 2.43. The molecule has 2 aromatic carbocycles. The summed E-state index contributed by atoms with van der Waals surface area (Å²) in [4.78, 5) is 0. The van der Waals surface area contributed by atoms with Gasteiger partial charge in [0, 0.05) is 0 Å². The molecule has 2 aromatic rings. The molecular weight excluding hydrogens is 340 g/mol. The van der Waals surface area contributed by atoms with Crippen LogP contribution < -0.4 is 18.9 Å². The number of ether oxygens (including phenoxy) is 4. The van der Waals surface area contributed by atoms with Gasteiger partial charge in [-0.25, -0.2) is 0 Å². The average molecular weight is 370 g/mol. The molecule has 0 aliphatic heterocycles. The van der Waals surface area contributed by atoms with Crippen LogP contribution in [0.15, 0.2) is 43.0 Å². The third-order valence-corrected chi connectivity index (χ3v) is 4.17. The molecule has 0 spiro atoms. The Hall–Kier alpha value is -2.62. The molecule has 0 unspecified atom stereocenters. The quantitative estimate of drug-likeness (QED) is 0.457. The van der Waals surface area contributed by atoms with Crippen LogP contribution in [0.3, 0.4) is 0 Å². The van der Waals surface area contributed by atoms with Crippen LogP contribution in [0.4, 0.5) is 0 Å². The van der Waals surface area contributed by atoms with Gasteiger partial charge in [-0.2, -0.15) is 0 Å². The molecule has 27 heavy (non-hydrogen) atoms. The standard InChI is InChI=1S/C23H30O4/c1-6-9-17-11-12-19(20(14-17)24-4)27-22-16-18(10-7-2)15-21(25-5)23(22)26-13-8-3/h8,11-12,14-16H,3,6-7,9-10,13H2,1-2,4-5H3. The van der Waals surface area contributed by atoms with Crippen LogP contribution in [0.2, 0.25) is 0 Å². The third kappa shape index (κ3) is 5.43. The zero-order valence-electron chi connectivity index (χ0n) is 16.8. The highest BCUT2D eigenvalue weighted by atomic mass is 16.5. The lowest BCUT2D eigenvalue weighted by molar-refractivity contribution is 0.306. The van der Waals surface area contributed by atoms with Gasteiger partial charge in [0.05, 0.1) is 14.2 Å². The van der Waals surface area contributed by atoms with E-state index in [0.717, 1.165) is 31.2 Å². The lowest BCUT2D eigenvalue weighted by Gasteiger charge is -2.18. The Morgan fingerprint density at radius 2 is 1.44 bits per heavy atom. The molecular formula is C23H30O4. The first kappa shape index (κ1) is 20.7. The fraction of sp³-hybridized carbons (Fsp3) is 0.391. The topological polar surface area (TPSA) is 36.9 Å². The molecule has 0 aliphatic carbocycles. The summed E-state index contributed by atoms with van der Waals surface area (Å²) in [5.41, 5.74) is 2.36. The van der Waals surface area contributed by atoms with Crippen LogP contribution in [-0.2, 0) is 12.8 Å². The van der Waals surface area contributed by atoms with E-state index in [1.807, 2.05) is 24.3 Å². The number of hydrogen-bond acceptors (Lipinski definition) is 4. The van der Waals surface area contributed by atoms with Crippen LogP contribution in [0.25, 0.3) is 0 Å². The van der Waals surface area contributed by atoms with E-state index in [0.29, 0.717) is 35.4 Å². The second-order valence-corrected chi connectivity index (χ2v) is 6.31. The van der Waals surface area contributed by atoms with Crippen molar-refractivity contribution in [3.05, 3.63) is 54.1 Å². The minimum Gasteiger partial charge on any atom is -0.493 e. The van der Waals surface area contributed by atoms with Gasteiger partial charge >= 0.3 is 0 Å². The van der Waals surface area contributed by atoms with E-state index in [-0.39, 0.29) is 0 Å².